The van der Waals surface area contributed by atoms with E-state index in [2.05, 4.69) is 15.3 Å². The highest BCUT2D eigenvalue weighted by molar-refractivity contribution is 7.09. The van der Waals surface area contributed by atoms with E-state index >= 15 is 0 Å². The standard InChI is InChI=1S/C18H19N3O2S/c1-12(10-17(22)19-11-13-5-4-8-24-13)9-16-20-15-7-3-2-6-14(15)18(23)21-16/h2-8,12H,9-11H2,1H3,(H,19,22)(H,20,21,23). The molecule has 3 rings (SSSR count). The number of H-pyrrole nitrogens is 1. The third kappa shape index (κ3) is 4.08. The van der Waals surface area contributed by atoms with Gasteiger partial charge in [-0.15, -0.1) is 11.3 Å². The van der Waals surface area contributed by atoms with Crippen molar-refractivity contribution in [3.63, 3.8) is 0 Å². The van der Waals surface area contributed by atoms with E-state index in [9.17, 15) is 9.59 Å². The van der Waals surface area contributed by atoms with Crippen LogP contribution in [-0.2, 0) is 17.8 Å². The van der Waals surface area contributed by atoms with Crippen LogP contribution in [0, 0.1) is 5.92 Å². The highest BCUT2D eigenvalue weighted by Gasteiger charge is 2.12. The Hall–Kier alpha value is -2.47. The predicted octanol–water partition coefficient (Wildman–Crippen LogP) is 2.87. The van der Waals surface area contributed by atoms with Crippen LogP contribution in [0.25, 0.3) is 10.9 Å². The van der Waals surface area contributed by atoms with Gasteiger partial charge in [-0.3, -0.25) is 9.59 Å². The molecule has 124 valence electrons. The number of benzene rings is 1. The Morgan fingerprint density at radius 2 is 2.12 bits per heavy atom. The van der Waals surface area contributed by atoms with E-state index in [1.54, 1.807) is 17.4 Å². The zero-order valence-electron chi connectivity index (χ0n) is 13.4. The Bertz CT molecular complexity index is 887. The molecule has 0 fully saturated rings. The monoisotopic (exact) mass is 341 g/mol. The van der Waals surface area contributed by atoms with E-state index in [-0.39, 0.29) is 17.4 Å². The lowest BCUT2D eigenvalue weighted by atomic mass is 10.0. The van der Waals surface area contributed by atoms with E-state index in [0.29, 0.717) is 36.1 Å². The van der Waals surface area contributed by atoms with Gasteiger partial charge in [0.2, 0.25) is 5.91 Å². The summed E-state index contributed by atoms with van der Waals surface area (Å²) in [7, 11) is 0. The average molecular weight is 341 g/mol. The van der Waals surface area contributed by atoms with Crippen molar-refractivity contribution in [1.82, 2.24) is 15.3 Å². The van der Waals surface area contributed by atoms with Crippen LogP contribution in [-0.4, -0.2) is 15.9 Å². The van der Waals surface area contributed by atoms with Gasteiger partial charge in [-0.05, 0) is 29.5 Å². The molecule has 0 saturated heterocycles. The number of nitrogens with one attached hydrogen (secondary N) is 2. The largest absolute Gasteiger partial charge is 0.351 e. The number of amides is 1. The van der Waals surface area contributed by atoms with Crippen LogP contribution >= 0.6 is 11.3 Å². The summed E-state index contributed by atoms with van der Waals surface area (Å²) in [5, 5.41) is 5.50. The maximum absolute atomic E-state index is 12.1. The van der Waals surface area contributed by atoms with Crippen molar-refractivity contribution in [2.24, 2.45) is 5.92 Å². The maximum Gasteiger partial charge on any atom is 0.258 e. The van der Waals surface area contributed by atoms with Gasteiger partial charge in [0.1, 0.15) is 5.82 Å². The van der Waals surface area contributed by atoms with Gasteiger partial charge in [0.25, 0.3) is 5.56 Å². The SMILES string of the molecule is CC(CC(=O)NCc1cccs1)Cc1nc2ccccc2c(=O)[nH]1. The quantitative estimate of drug-likeness (QED) is 0.724. The molecule has 1 aromatic carbocycles. The summed E-state index contributed by atoms with van der Waals surface area (Å²) >= 11 is 1.62. The molecule has 0 aliphatic rings. The number of rotatable bonds is 6. The summed E-state index contributed by atoms with van der Waals surface area (Å²) in [6.45, 7) is 2.55. The van der Waals surface area contributed by atoms with E-state index in [1.165, 1.54) is 0 Å². The molecule has 6 heteroatoms. The van der Waals surface area contributed by atoms with Crippen LogP contribution in [0.5, 0.6) is 0 Å². The number of hydrogen-bond acceptors (Lipinski definition) is 4. The van der Waals surface area contributed by atoms with Gasteiger partial charge in [0, 0.05) is 17.7 Å². The fraction of sp³-hybridized carbons (Fsp3) is 0.278. The zero-order valence-corrected chi connectivity index (χ0v) is 14.2. The first-order valence-corrected chi connectivity index (χ1v) is 8.77. The van der Waals surface area contributed by atoms with Crippen molar-refractivity contribution in [1.29, 1.82) is 0 Å². The molecule has 0 aliphatic heterocycles. The first-order chi connectivity index (χ1) is 11.6. The molecule has 0 radical (unpaired) electrons. The van der Waals surface area contributed by atoms with E-state index in [0.717, 1.165) is 4.88 Å². The van der Waals surface area contributed by atoms with Crippen LogP contribution in [0.1, 0.15) is 24.0 Å². The highest BCUT2D eigenvalue weighted by Crippen LogP contribution is 2.12. The molecule has 24 heavy (non-hydrogen) atoms. The molecule has 1 unspecified atom stereocenters. The molecule has 2 N–H and O–H groups in total. The van der Waals surface area contributed by atoms with Crippen LogP contribution in [0.3, 0.4) is 0 Å². The molecule has 0 spiro atoms. The number of thiophene rings is 1. The molecule has 5 nitrogen and oxygen atoms in total. The molecule has 0 saturated carbocycles. The average Bonchev–Trinajstić information content (AvgIpc) is 3.06. The van der Waals surface area contributed by atoms with Gasteiger partial charge in [-0.1, -0.05) is 25.1 Å². The van der Waals surface area contributed by atoms with Crippen LogP contribution < -0.4 is 10.9 Å². The normalized spacial score (nSPS) is 12.2. The van der Waals surface area contributed by atoms with Gasteiger partial charge in [0.05, 0.1) is 17.4 Å². The fourth-order valence-electron chi connectivity index (χ4n) is 2.62. The third-order valence-corrected chi connectivity index (χ3v) is 4.65. The van der Waals surface area contributed by atoms with Crippen molar-refractivity contribution in [3.05, 3.63) is 62.8 Å². The number of aromatic amines is 1. The summed E-state index contributed by atoms with van der Waals surface area (Å²) in [4.78, 5) is 32.5. The smallest absolute Gasteiger partial charge is 0.258 e. The lowest BCUT2D eigenvalue weighted by Crippen LogP contribution is -2.25. The Labute approximate surface area is 143 Å². The predicted molar refractivity (Wildman–Crippen MR) is 96.0 cm³/mol. The van der Waals surface area contributed by atoms with Crippen molar-refractivity contribution in [2.75, 3.05) is 0 Å². The van der Waals surface area contributed by atoms with Crippen molar-refractivity contribution in [2.45, 2.75) is 26.3 Å². The number of carbonyl (C=O) groups excluding carboxylic acids is 1. The maximum atomic E-state index is 12.1. The van der Waals surface area contributed by atoms with E-state index < -0.39 is 0 Å². The van der Waals surface area contributed by atoms with Gasteiger partial charge in [0.15, 0.2) is 0 Å². The molecule has 2 heterocycles. The second kappa shape index (κ2) is 7.40. The zero-order chi connectivity index (χ0) is 16.9. The van der Waals surface area contributed by atoms with Crippen LogP contribution in [0.2, 0.25) is 0 Å². The van der Waals surface area contributed by atoms with E-state index in [1.807, 2.05) is 42.6 Å². The van der Waals surface area contributed by atoms with Crippen molar-refractivity contribution < 1.29 is 4.79 Å². The van der Waals surface area contributed by atoms with Crippen LogP contribution in [0.15, 0.2) is 46.6 Å². The molecule has 0 aliphatic carbocycles. The summed E-state index contributed by atoms with van der Waals surface area (Å²) in [5.74, 6) is 0.731. The van der Waals surface area contributed by atoms with Gasteiger partial charge >= 0.3 is 0 Å². The second-order valence-corrected chi connectivity index (χ2v) is 6.93. The van der Waals surface area contributed by atoms with Gasteiger partial charge < -0.3 is 10.3 Å². The summed E-state index contributed by atoms with van der Waals surface area (Å²) in [6, 6.07) is 11.2. The lowest BCUT2D eigenvalue weighted by molar-refractivity contribution is -0.122. The molecule has 2 aromatic heterocycles. The first kappa shape index (κ1) is 16.4. The topological polar surface area (TPSA) is 74.8 Å². The minimum atomic E-state index is -0.134. The molecule has 1 amide bonds. The lowest BCUT2D eigenvalue weighted by Gasteiger charge is -2.11. The second-order valence-electron chi connectivity index (χ2n) is 5.90. The summed E-state index contributed by atoms with van der Waals surface area (Å²) in [6.07, 6.45) is 0.967. The van der Waals surface area contributed by atoms with Crippen molar-refractivity contribution in [3.8, 4) is 0 Å². The summed E-state index contributed by atoms with van der Waals surface area (Å²) < 4.78 is 0. The van der Waals surface area contributed by atoms with Crippen molar-refractivity contribution >= 4 is 28.1 Å². The molecular formula is C18H19N3O2S. The number of para-hydroxylation sites is 1. The minimum absolute atomic E-state index is 0.0130. The molecule has 3 aromatic rings. The Kier molecular flexibility index (Phi) is 5.05. The fourth-order valence-corrected chi connectivity index (χ4v) is 3.27. The summed E-state index contributed by atoms with van der Waals surface area (Å²) in [5.41, 5.74) is 0.551. The number of hydrogen-bond donors (Lipinski definition) is 2. The third-order valence-electron chi connectivity index (χ3n) is 3.78. The number of nitrogens with zero attached hydrogens (tertiary/aromatic N) is 1. The molecular weight excluding hydrogens is 322 g/mol. The molecule has 0 bridgehead atoms. The van der Waals surface area contributed by atoms with E-state index in [4.69, 9.17) is 0 Å². The van der Waals surface area contributed by atoms with Gasteiger partial charge in [-0.25, -0.2) is 4.98 Å². The Morgan fingerprint density at radius 1 is 1.29 bits per heavy atom. The molecule has 1 atom stereocenters. The van der Waals surface area contributed by atoms with Gasteiger partial charge in [-0.2, -0.15) is 0 Å². The highest BCUT2D eigenvalue weighted by atomic mass is 32.1. The van der Waals surface area contributed by atoms with Crippen LogP contribution in [0.4, 0.5) is 0 Å². The number of fused-ring (bicyclic) bond motifs is 1. The Balaban J connectivity index is 1.59. The Morgan fingerprint density at radius 3 is 2.92 bits per heavy atom. The first-order valence-electron chi connectivity index (χ1n) is 7.89. The number of carbonyl (C=O) groups is 1. The number of aromatic nitrogens is 2. The minimum Gasteiger partial charge on any atom is -0.351 e.